The van der Waals surface area contributed by atoms with Crippen molar-refractivity contribution < 1.29 is 14.3 Å². The Bertz CT molecular complexity index is 416. The van der Waals surface area contributed by atoms with Crippen molar-refractivity contribution in [3.63, 3.8) is 0 Å². The number of carbonyl (C=O) groups is 1. The standard InChI is InChI=1S/C17H26O3/c1-6-13-8-14(7-2)10-15(9-13)17(18)20-16(11-19-5)12(3)4/h8-10,12,16H,6-7,11H2,1-5H3. The van der Waals surface area contributed by atoms with Crippen molar-refractivity contribution in [3.8, 4) is 0 Å². The van der Waals surface area contributed by atoms with Gasteiger partial charge in [-0.3, -0.25) is 0 Å². The molecule has 0 N–H and O–H groups in total. The molecule has 0 aliphatic heterocycles. The van der Waals surface area contributed by atoms with Crippen LogP contribution in [0.25, 0.3) is 0 Å². The number of esters is 1. The van der Waals surface area contributed by atoms with Gasteiger partial charge < -0.3 is 9.47 Å². The molecule has 112 valence electrons. The van der Waals surface area contributed by atoms with Gasteiger partial charge in [0.25, 0.3) is 0 Å². The van der Waals surface area contributed by atoms with Crippen molar-refractivity contribution in [2.75, 3.05) is 13.7 Å². The zero-order valence-corrected chi connectivity index (χ0v) is 13.2. The predicted octanol–water partition coefficient (Wildman–Crippen LogP) is 3.64. The summed E-state index contributed by atoms with van der Waals surface area (Å²) in [6, 6.07) is 5.99. The van der Waals surface area contributed by atoms with Crippen LogP contribution < -0.4 is 0 Å². The fraction of sp³-hybridized carbons (Fsp3) is 0.588. The quantitative estimate of drug-likeness (QED) is 0.714. The lowest BCUT2D eigenvalue weighted by atomic mass is 10.0. The maximum absolute atomic E-state index is 12.3. The van der Waals surface area contributed by atoms with Crippen LogP contribution in [0, 0.1) is 5.92 Å². The second-order valence-electron chi connectivity index (χ2n) is 5.39. The third kappa shape index (κ3) is 4.64. The molecule has 1 unspecified atom stereocenters. The highest BCUT2D eigenvalue weighted by atomic mass is 16.6. The van der Waals surface area contributed by atoms with Crippen LogP contribution in [0.1, 0.15) is 49.2 Å². The van der Waals surface area contributed by atoms with Crippen molar-refractivity contribution in [2.24, 2.45) is 5.92 Å². The first-order valence-corrected chi connectivity index (χ1v) is 7.34. The first-order valence-electron chi connectivity index (χ1n) is 7.34. The van der Waals surface area contributed by atoms with E-state index in [1.54, 1.807) is 7.11 Å². The van der Waals surface area contributed by atoms with Gasteiger partial charge in [0.05, 0.1) is 12.2 Å². The average molecular weight is 278 g/mol. The van der Waals surface area contributed by atoms with Crippen LogP contribution in [0.3, 0.4) is 0 Å². The molecule has 1 atom stereocenters. The second-order valence-corrected chi connectivity index (χ2v) is 5.39. The summed E-state index contributed by atoms with van der Waals surface area (Å²) in [6.07, 6.45) is 1.63. The van der Waals surface area contributed by atoms with E-state index < -0.39 is 0 Å². The Labute approximate surface area is 122 Å². The van der Waals surface area contributed by atoms with Crippen LogP contribution in [0.15, 0.2) is 18.2 Å². The molecule has 0 aliphatic rings. The Kier molecular flexibility index (Phi) is 6.73. The maximum Gasteiger partial charge on any atom is 0.338 e. The van der Waals surface area contributed by atoms with Crippen molar-refractivity contribution in [1.29, 1.82) is 0 Å². The first-order chi connectivity index (χ1) is 9.51. The van der Waals surface area contributed by atoms with Crippen molar-refractivity contribution >= 4 is 5.97 Å². The minimum absolute atomic E-state index is 0.206. The number of methoxy groups -OCH3 is 1. The van der Waals surface area contributed by atoms with Crippen LogP contribution in [-0.4, -0.2) is 25.8 Å². The van der Waals surface area contributed by atoms with E-state index in [9.17, 15) is 4.79 Å². The molecule has 0 bridgehead atoms. The fourth-order valence-corrected chi connectivity index (χ4v) is 2.02. The predicted molar refractivity (Wildman–Crippen MR) is 81.1 cm³/mol. The lowest BCUT2D eigenvalue weighted by Crippen LogP contribution is -2.28. The molecule has 1 aromatic rings. The number of aryl methyl sites for hydroxylation is 2. The number of hydrogen-bond acceptors (Lipinski definition) is 3. The highest BCUT2D eigenvalue weighted by molar-refractivity contribution is 5.90. The van der Waals surface area contributed by atoms with Crippen LogP contribution in [0.4, 0.5) is 0 Å². The Morgan fingerprint density at radius 2 is 1.65 bits per heavy atom. The Morgan fingerprint density at radius 1 is 1.10 bits per heavy atom. The van der Waals surface area contributed by atoms with Gasteiger partial charge in [-0.05, 0) is 42.0 Å². The molecule has 0 aliphatic carbocycles. The van der Waals surface area contributed by atoms with Crippen LogP contribution in [0.2, 0.25) is 0 Å². The molecule has 3 nitrogen and oxygen atoms in total. The lowest BCUT2D eigenvalue weighted by molar-refractivity contribution is -0.0102. The topological polar surface area (TPSA) is 35.5 Å². The summed E-state index contributed by atoms with van der Waals surface area (Å²) in [6.45, 7) is 8.66. The molecular formula is C17H26O3. The van der Waals surface area contributed by atoms with Gasteiger partial charge in [0.2, 0.25) is 0 Å². The molecule has 0 spiro atoms. The lowest BCUT2D eigenvalue weighted by Gasteiger charge is -2.20. The van der Waals surface area contributed by atoms with E-state index in [0.717, 1.165) is 12.8 Å². The molecule has 3 heteroatoms. The monoisotopic (exact) mass is 278 g/mol. The van der Waals surface area contributed by atoms with Gasteiger partial charge in [0.15, 0.2) is 0 Å². The Balaban J connectivity index is 2.90. The third-order valence-electron chi connectivity index (χ3n) is 3.44. The fourth-order valence-electron chi connectivity index (χ4n) is 2.02. The average Bonchev–Trinajstić information content (AvgIpc) is 2.45. The maximum atomic E-state index is 12.3. The summed E-state index contributed by atoms with van der Waals surface area (Å²) >= 11 is 0. The minimum atomic E-state index is -0.259. The van der Waals surface area contributed by atoms with Crippen molar-refractivity contribution in [3.05, 3.63) is 34.9 Å². The van der Waals surface area contributed by atoms with Gasteiger partial charge in [0.1, 0.15) is 6.10 Å². The summed E-state index contributed by atoms with van der Waals surface area (Å²) in [4.78, 5) is 12.3. The third-order valence-corrected chi connectivity index (χ3v) is 3.44. The SMILES string of the molecule is CCc1cc(CC)cc(C(=O)OC(COC)C(C)C)c1. The zero-order chi connectivity index (χ0) is 15.1. The van der Waals surface area contributed by atoms with Crippen LogP contribution >= 0.6 is 0 Å². The van der Waals surface area contributed by atoms with E-state index in [4.69, 9.17) is 9.47 Å². The molecule has 0 amide bonds. The molecule has 0 fully saturated rings. The van der Waals surface area contributed by atoms with Gasteiger partial charge in [-0.25, -0.2) is 4.79 Å². The minimum Gasteiger partial charge on any atom is -0.456 e. The normalized spacial score (nSPS) is 12.5. The van der Waals surface area contributed by atoms with Crippen molar-refractivity contribution in [1.82, 2.24) is 0 Å². The highest BCUT2D eigenvalue weighted by Crippen LogP contribution is 2.16. The van der Waals surface area contributed by atoms with Crippen LogP contribution in [-0.2, 0) is 22.3 Å². The first kappa shape index (κ1) is 16.7. The summed E-state index contributed by atoms with van der Waals surface area (Å²) in [5.74, 6) is -0.0235. The molecule has 20 heavy (non-hydrogen) atoms. The largest absolute Gasteiger partial charge is 0.456 e. The van der Waals surface area contributed by atoms with Crippen molar-refractivity contribution in [2.45, 2.75) is 46.6 Å². The number of carbonyl (C=O) groups excluding carboxylic acids is 1. The van der Waals surface area contributed by atoms with E-state index >= 15 is 0 Å². The second kappa shape index (κ2) is 8.05. The molecule has 1 rings (SSSR count). The van der Waals surface area contributed by atoms with Gasteiger partial charge in [0, 0.05) is 7.11 Å². The molecule has 0 saturated heterocycles. The smallest absolute Gasteiger partial charge is 0.338 e. The van der Waals surface area contributed by atoms with Gasteiger partial charge >= 0.3 is 5.97 Å². The Morgan fingerprint density at radius 3 is 2.05 bits per heavy atom. The van der Waals surface area contributed by atoms with E-state index in [2.05, 4.69) is 19.9 Å². The van der Waals surface area contributed by atoms with E-state index in [-0.39, 0.29) is 18.0 Å². The molecular weight excluding hydrogens is 252 g/mol. The Hall–Kier alpha value is -1.35. The van der Waals surface area contributed by atoms with Crippen LogP contribution in [0.5, 0.6) is 0 Å². The van der Waals surface area contributed by atoms with Gasteiger partial charge in [-0.1, -0.05) is 33.8 Å². The van der Waals surface area contributed by atoms with Gasteiger partial charge in [-0.2, -0.15) is 0 Å². The molecule has 0 heterocycles. The van der Waals surface area contributed by atoms with E-state index in [0.29, 0.717) is 12.2 Å². The number of benzene rings is 1. The van der Waals surface area contributed by atoms with E-state index in [1.165, 1.54) is 11.1 Å². The summed E-state index contributed by atoms with van der Waals surface area (Å²) in [5.41, 5.74) is 2.98. The summed E-state index contributed by atoms with van der Waals surface area (Å²) < 4.78 is 10.7. The number of ether oxygens (including phenoxy) is 2. The summed E-state index contributed by atoms with van der Waals surface area (Å²) in [7, 11) is 1.62. The number of rotatable bonds is 7. The zero-order valence-electron chi connectivity index (χ0n) is 13.2. The molecule has 0 aromatic heterocycles. The highest BCUT2D eigenvalue weighted by Gasteiger charge is 2.19. The molecule has 1 aromatic carbocycles. The van der Waals surface area contributed by atoms with E-state index in [1.807, 2.05) is 26.0 Å². The number of hydrogen-bond donors (Lipinski definition) is 0. The molecule has 0 saturated carbocycles. The summed E-state index contributed by atoms with van der Waals surface area (Å²) in [5, 5.41) is 0. The molecule has 0 radical (unpaired) electrons. The van der Waals surface area contributed by atoms with Gasteiger partial charge in [-0.15, -0.1) is 0 Å².